The number of aliphatic imine (C=N–C) groups is 1. The largest absolute Gasteiger partial charge is 0.501 e. The second kappa shape index (κ2) is 38.3. The number of benzene rings is 5. The molecule has 6 heterocycles. The van der Waals surface area contributed by atoms with Gasteiger partial charge in [0.1, 0.15) is 22.8 Å². The summed E-state index contributed by atoms with van der Waals surface area (Å²) in [7, 11) is -11.0. The van der Waals surface area contributed by atoms with Gasteiger partial charge in [-0.3, -0.25) is 43.7 Å². The molecule has 624 valence electrons. The molecule has 6 N–H and O–H groups in total. The van der Waals surface area contributed by atoms with Crippen molar-refractivity contribution in [2.24, 2.45) is 15.8 Å². The Hall–Kier alpha value is -8.11. The number of nitrogens with one attached hydrogen (secondary N) is 5. The number of pyridine rings is 1. The first kappa shape index (κ1) is 87.2. The molecule has 1 aromatic heterocycles. The number of piperazine rings is 2. The summed E-state index contributed by atoms with van der Waals surface area (Å²) in [5.74, 6) is -1.51. The number of aliphatic hydroxyl groups excluding tert-OH is 1. The Bertz CT molecular complexity index is 4720. The molecule has 0 saturated carbocycles. The van der Waals surface area contributed by atoms with E-state index in [4.69, 9.17) is 21.3 Å². The smallest absolute Gasteiger partial charge is 0.391 e. The summed E-state index contributed by atoms with van der Waals surface area (Å²) in [6, 6.07) is 35.2. The van der Waals surface area contributed by atoms with E-state index in [0.717, 1.165) is 117 Å². The van der Waals surface area contributed by atoms with Crippen LogP contribution in [0, 0.1) is 10.8 Å². The number of nitrogens with zero attached hydrogens (tertiary/aromatic N) is 8. The number of thioether (sulfide) groups is 2. The summed E-state index contributed by atoms with van der Waals surface area (Å²) in [5, 5.41) is 23.5. The van der Waals surface area contributed by atoms with E-state index in [0.29, 0.717) is 81.2 Å². The van der Waals surface area contributed by atoms with E-state index in [1.54, 1.807) is 36.2 Å². The Morgan fingerprint density at radius 2 is 1.47 bits per heavy atom. The lowest BCUT2D eigenvalue weighted by Crippen LogP contribution is -2.57. The molecule has 6 aromatic rings. The van der Waals surface area contributed by atoms with Crippen molar-refractivity contribution in [3.8, 4) is 0 Å². The summed E-state index contributed by atoms with van der Waals surface area (Å²) in [6.07, 6.45) is 4.24. The number of carbonyl (C=O) groups excluding carboxylic acids is 5. The predicted octanol–water partition coefficient (Wildman–Crippen LogP) is 11.1. The fourth-order valence-electron chi connectivity index (χ4n) is 15.9. The average molecular weight is 1690 g/mol. The van der Waals surface area contributed by atoms with Crippen molar-refractivity contribution < 1.29 is 63.8 Å². The van der Waals surface area contributed by atoms with Crippen molar-refractivity contribution >= 4 is 113 Å². The maximum atomic E-state index is 14.4. The molecule has 5 aromatic carbocycles. The molecule has 0 bridgehead atoms. The molecular formula is C84H105ClF3N13O11S4. The molecule has 12 rings (SSSR count). The van der Waals surface area contributed by atoms with Crippen LogP contribution < -0.4 is 35.8 Å². The summed E-state index contributed by atoms with van der Waals surface area (Å²) >= 11 is 9.53. The number of aliphatic hydroxyl groups is 1. The van der Waals surface area contributed by atoms with E-state index in [1.807, 2.05) is 111 Å². The number of alkyl halides is 3. The topological polar surface area (TPSA) is 288 Å². The fourth-order valence-corrected chi connectivity index (χ4v) is 20.1. The van der Waals surface area contributed by atoms with Gasteiger partial charge in [0.05, 0.1) is 58.3 Å². The van der Waals surface area contributed by atoms with Crippen molar-refractivity contribution in [2.75, 3.05) is 132 Å². The Labute approximate surface area is 691 Å². The molecule has 24 nitrogen and oxygen atoms in total. The van der Waals surface area contributed by atoms with Gasteiger partial charge in [0.25, 0.3) is 31.7 Å². The van der Waals surface area contributed by atoms with Gasteiger partial charge in [-0.1, -0.05) is 99.5 Å². The van der Waals surface area contributed by atoms with Crippen LogP contribution in [-0.4, -0.2) is 235 Å². The summed E-state index contributed by atoms with van der Waals surface area (Å²) in [5.41, 5.74) is 1.95. The highest BCUT2D eigenvalue weighted by Crippen LogP contribution is 2.45. The molecule has 0 spiro atoms. The van der Waals surface area contributed by atoms with E-state index in [1.165, 1.54) is 39.9 Å². The minimum absolute atomic E-state index is 0.0242. The lowest BCUT2D eigenvalue weighted by Gasteiger charge is -2.44. The van der Waals surface area contributed by atoms with Crippen LogP contribution in [0.1, 0.15) is 135 Å². The number of carbonyl (C=O) groups is 5. The number of aromatic nitrogens is 1. The van der Waals surface area contributed by atoms with Crippen LogP contribution in [0.2, 0.25) is 5.02 Å². The highest BCUT2D eigenvalue weighted by Gasteiger charge is 2.49. The number of morpholine rings is 1. The second-order valence-corrected chi connectivity index (χ2v) is 38.5. The lowest BCUT2D eigenvalue weighted by atomic mass is 9.71. The zero-order valence-corrected chi connectivity index (χ0v) is 70.3. The minimum Gasteiger partial charge on any atom is -0.391 e. The Morgan fingerprint density at radius 1 is 0.784 bits per heavy atom. The first-order valence-electron chi connectivity index (χ1n) is 39.6. The first-order chi connectivity index (χ1) is 55.3. The van der Waals surface area contributed by atoms with E-state index in [-0.39, 0.29) is 72.0 Å². The number of likely N-dealkylation sites (tertiary alicyclic amines) is 1. The van der Waals surface area contributed by atoms with Crippen LogP contribution >= 0.6 is 35.1 Å². The normalized spacial score (nSPS) is 21.6. The molecule has 1 aliphatic carbocycles. The third-order valence-electron chi connectivity index (χ3n) is 22.6. The molecule has 4 saturated heterocycles. The first-order valence-corrected chi connectivity index (χ1v) is 44.9. The lowest BCUT2D eigenvalue weighted by molar-refractivity contribution is -0.144. The van der Waals surface area contributed by atoms with E-state index in [2.05, 4.69) is 76.7 Å². The quantitative estimate of drug-likeness (QED) is 0.0180. The third kappa shape index (κ3) is 22.4. The number of halogens is 4. The monoisotopic (exact) mass is 1690 g/mol. The Balaban J connectivity index is 0.592. The van der Waals surface area contributed by atoms with Crippen molar-refractivity contribution in [1.82, 2.24) is 45.3 Å². The molecule has 3 unspecified atom stereocenters. The standard InChI is InChI=1S/C84H105ClF3N13O11S4/c1-56(58-14-16-60(17-15-58)76-57(2)91-55-114-76)92-80(106)72-47-67(102)52-101(72)81(107)77(82(3,4)5)94-75(103)13-10-33-89-78(104)62-22-29-74(90-50-62)100-41-37-98(38-42-100)54-83(6)32-30-70(59-18-23-64(85)24-19-59)63(49-83)51-97-35-39-99(40-36-97)66-25-20-61(21-26-66)79(105)95-116(110,111)69-27-28-71(73(48-69)115(108,109)84(86,87)88)93-65(31-34-96-43-45-112-46-44-96)53-113-68-11-8-7-9-12-68/h7-9,11-12,14-29,48,50,55-57,65,67,72,76-77,93,102H,10,13,30-47,49,51-54H2,1-6H3,(H,89,104)(H,92,106)(H,94,103)(H,95,105)/t56-,57?,65+,67+,72-,76?,77+,83?/m0/s1. The fraction of sp³-hybridized carbons (Fsp3) is 0.488. The maximum absolute atomic E-state index is 14.4. The number of ether oxygens (including phenoxy) is 1. The summed E-state index contributed by atoms with van der Waals surface area (Å²) < 4.78 is 105. The second-order valence-electron chi connectivity index (χ2n) is 32.4. The molecule has 5 aliphatic heterocycles. The molecule has 116 heavy (non-hydrogen) atoms. The van der Waals surface area contributed by atoms with E-state index >= 15 is 0 Å². The number of anilines is 3. The maximum Gasteiger partial charge on any atom is 0.501 e. The molecular weight excluding hydrogens is 1590 g/mol. The number of sulfonamides is 1. The van der Waals surface area contributed by atoms with Gasteiger partial charge in [-0.05, 0) is 158 Å². The highest BCUT2D eigenvalue weighted by atomic mass is 35.5. The van der Waals surface area contributed by atoms with Gasteiger partial charge in [0.15, 0.2) is 0 Å². The number of hydrogen-bond acceptors (Lipinski definition) is 21. The molecule has 4 fully saturated rings. The number of rotatable bonds is 30. The minimum atomic E-state index is -6.11. The Kier molecular flexibility index (Phi) is 28.8. The van der Waals surface area contributed by atoms with Gasteiger partial charge in [0.2, 0.25) is 17.7 Å². The zero-order chi connectivity index (χ0) is 82.7. The molecule has 5 amide bonds. The van der Waals surface area contributed by atoms with Gasteiger partial charge in [-0.25, -0.2) is 26.5 Å². The van der Waals surface area contributed by atoms with Crippen LogP contribution in [-0.2, 0) is 39.0 Å². The van der Waals surface area contributed by atoms with Crippen molar-refractivity contribution in [3.63, 3.8) is 0 Å². The van der Waals surface area contributed by atoms with Gasteiger partial charge in [-0.2, -0.15) is 13.2 Å². The molecule has 0 radical (unpaired) electrons. The predicted molar refractivity (Wildman–Crippen MR) is 449 cm³/mol. The third-order valence-corrected chi connectivity index (χ3v) is 28.1. The Morgan fingerprint density at radius 3 is 2.12 bits per heavy atom. The highest BCUT2D eigenvalue weighted by molar-refractivity contribution is 8.12. The van der Waals surface area contributed by atoms with E-state index in [9.17, 15) is 59.1 Å². The van der Waals surface area contributed by atoms with Crippen LogP contribution in [0.25, 0.3) is 5.57 Å². The van der Waals surface area contributed by atoms with Crippen LogP contribution in [0.4, 0.5) is 30.4 Å². The average Bonchev–Trinajstić information content (AvgIpc) is 0.968. The van der Waals surface area contributed by atoms with Crippen LogP contribution in [0.3, 0.4) is 0 Å². The summed E-state index contributed by atoms with van der Waals surface area (Å²) in [6.45, 7) is 22.5. The summed E-state index contributed by atoms with van der Waals surface area (Å²) in [4.78, 5) is 89.6. The van der Waals surface area contributed by atoms with Gasteiger partial charge >= 0.3 is 5.51 Å². The molecule has 8 atom stereocenters. The number of allylic oxidation sites excluding steroid dienone is 1. The van der Waals surface area contributed by atoms with Crippen LogP contribution in [0.15, 0.2) is 165 Å². The number of sulfone groups is 1. The zero-order valence-electron chi connectivity index (χ0n) is 66.3. The molecule has 32 heteroatoms. The molecule has 6 aliphatic rings. The van der Waals surface area contributed by atoms with E-state index < -0.39 is 82.3 Å². The van der Waals surface area contributed by atoms with Crippen molar-refractivity contribution in [1.29, 1.82) is 0 Å². The van der Waals surface area contributed by atoms with Gasteiger partial charge in [-0.15, -0.1) is 23.5 Å². The van der Waals surface area contributed by atoms with Crippen molar-refractivity contribution in [3.05, 3.63) is 178 Å². The SMILES string of the molecule is CC1N=CSC1c1ccc([C@H](C)NC(=O)[C@@H]2C[C@@H](O)CN2C(=O)[C@@H](NC(=O)CCCNC(=O)c2ccc(N3CCN(CC4(C)CCC(c5ccc(Cl)cc5)=C(CN5CCN(c6ccc(C(=O)NS(=O)(=O)c7ccc(N[C@H](CCN8CCOCC8)CSc8ccccc8)c(S(=O)(=O)C(F)(F)F)c7)cc6)CC5)C4)CC3)nc2)C(C)(C)C)cc1. The van der Waals surface area contributed by atoms with Crippen LogP contribution in [0.5, 0.6) is 0 Å². The number of amides is 5. The number of β-amino-alcohol motifs (C(OH)–C–C–N with tert-alkyl or cyclic N) is 1. The van der Waals surface area contributed by atoms with Crippen molar-refractivity contribution in [2.45, 2.75) is 148 Å². The van der Waals surface area contributed by atoms with Gasteiger partial charge < -0.3 is 45.8 Å². The number of hydrogen-bond donors (Lipinski definition) is 6. The van der Waals surface area contributed by atoms with Gasteiger partial charge in [0, 0.05) is 150 Å².